The zero-order chi connectivity index (χ0) is 15.3. The minimum absolute atomic E-state index is 0.124. The Morgan fingerprint density at radius 1 is 1.19 bits per heavy atom. The number of aromatic carboxylic acids is 1. The minimum atomic E-state index is -1.05. The molecule has 0 radical (unpaired) electrons. The Morgan fingerprint density at radius 2 is 1.76 bits per heavy atom. The third kappa shape index (κ3) is 1.95. The summed E-state index contributed by atoms with van der Waals surface area (Å²) in [6.45, 7) is 3.69. The second kappa shape index (κ2) is 4.69. The molecule has 2 amide bonds. The second-order valence-corrected chi connectivity index (χ2v) is 6.06. The Labute approximate surface area is 122 Å². The van der Waals surface area contributed by atoms with E-state index in [2.05, 4.69) is 6.92 Å². The Bertz CT molecular complexity index is 628. The van der Waals surface area contributed by atoms with E-state index in [0.717, 1.165) is 12.8 Å². The van der Waals surface area contributed by atoms with E-state index in [1.165, 1.54) is 11.0 Å². The van der Waals surface area contributed by atoms with E-state index in [1.54, 1.807) is 19.1 Å². The van der Waals surface area contributed by atoms with Crippen molar-refractivity contribution in [2.75, 3.05) is 4.90 Å². The molecule has 3 rings (SSSR count). The molecule has 110 valence electrons. The van der Waals surface area contributed by atoms with E-state index < -0.39 is 5.97 Å². The summed E-state index contributed by atoms with van der Waals surface area (Å²) in [5.74, 6) is -1.50. The lowest BCUT2D eigenvalue weighted by Gasteiger charge is -2.20. The highest BCUT2D eigenvalue weighted by Gasteiger charge is 2.52. The molecule has 5 heteroatoms. The van der Waals surface area contributed by atoms with E-state index in [1.807, 2.05) is 0 Å². The van der Waals surface area contributed by atoms with Gasteiger partial charge in [0, 0.05) is 0 Å². The van der Waals surface area contributed by atoms with E-state index in [-0.39, 0.29) is 29.2 Å². The van der Waals surface area contributed by atoms with Crippen molar-refractivity contribution >= 4 is 23.5 Å². The van der Waals surface area contributed by atoms with Crippen LogP contribution in [0.15, 0.2) is 18.2 Å². The van der Waals surface area contributed by atoms with Crippen molar-refractivity contribution < 1.29 is 19.5 Å². The van der Waals surface area contributed by atoms with Gasteiger partial charge in [0.25, 0.3) is 0 Å². The van der Waals surface area contributed by atoms with Crippen LogP contribution >= 0.6 is 0 Å². The molecule has 2 aliphatic rings. The number of nitrogens with zero attached hydrogens (tertiary/aromatic N) is 1. The highest BCUT2D eigenvalue weighted by Crippen LogP contribution is 2.45. The maximum Gasteiger partial charge on any atom is 0.336 e. The molecule has 0 spiro atoms. The third-order valence-corrected chi connectivity index (χ3v) is 4.65. The van der Waals surface area contributed by atoms with Crippen LogP contribution in [0.25, 0.3) is 0 Å². The van der Waals surface area contributed by atoms with Gasteiger partial charge in [0.15, 0.2) is 0 Å². The Balaban J connectivity index is 2.03. The van der Waals surface area contributed by atoms with Gasteiger partial charge in [-0.3, -0.25) is 9.59 Å². The van der Waals surface area contributed by atoms with Crippen molar-refractivity contribution in [3.05, 3.63) is 29.3 Å². The molecule has 1 saturated heterocycles. The first kappa shape index (κ1) is 13.8. The number of carboxylic acid groups (broad SMARTS) is 1. The first-order valence-corrected chi connectivity index (χ1v) is 7.12. The van der Waals surface area contributed by atoms with Crippen LogP contribution in [0.5, 0.6) is 0 Å². The lowest BCUT2D eigenvalue weighted by Crippen LogP contribution is -2.33. The van der Waals surface area contributed by atoms with Gasteiger partial charge in [0.1, 0.15) is 0 Å². The van der Waals surface area contributed by atoms with Gasteiger partial charge in [-0.1, -0.05) is 13.0 Å². The van der Waals surface area contributed by atoms with Crippen LogP contribution in [0.1, 0.15) is 35.7 Å². The molecule has 2 atom stereocenters. The summed E-state index contributed by atoms with van der Waals surface area (Å²) >= 11 is 0. The topological polar surface area (TPSA) is 74.7 Å². The van der Waals surface area contributed by atoms with Crippen LogP contribution < -0.4 is 4.90 Å². The van der Waals surface area contributed by atoms with E-state index in [9.17, 15) is 19.5 Å². The van der Waals surface area contributed by atoms with Gasteiger partial charge in [-0.05, 0) is 43.4 Å². The molecule has 21 heavy (non-hydrogen) atoms. The van der Waals surface area contributed by atoms with Gasteiger partial charge in [0.2, 0.25) is 11.8 Å². The van der Waals surface area contributed by atoms with Gasteiger partial charge in [-0.2, -0.15) is 0 Å². The maximum absolute atomic E-state index is 12.5. The highest BCUT2D eigenvalue weighted by molar-refractivity contribution is 6.22. The number of imide groups is 1. The Morgan fingerprint density at radius 3 is 2.29 bits per heavy atom. The summed E-state index contributed by atoms with van der Waals surface area (Å²) < 4.78 is 0. The SMILES string of the molecule is Cc1c(C(=O)O)cccc1N1C(=O)C2CC(C)CC2C1=O. The Hall–Kier alpha value is -2.17. The molecule has 1 aromatic carbocycles. The summed E-state index contributed by atoms with van der Waals surface area (Å²) in [6.07, 6.45) is 1.48. The lowest BCUT2D eigenvalue weighted by atomic mass is 10.00. The molecule has 0 bridgehead atoms. The van der Waals surface area contributed by atoms with Crippen LogP contribution in [-0.4, -0.2) is 22.9 Å². The number of carbonyl (C=O) groups is 3. The summed E-state index contributed by atoms with van der Waals surface area (Å²) in [6, 6.07) is 4.69. The highest BCUT2D eigenvalue weighted by atomic mass is 16.4. The van der Waals surface area contributed by atoms with Crippen LogP contribution in [-0.2, 0) is 9.59 Å². The number of anilines is 1. The molecule has 1 heterocycles. The number of carbonyl (C=O) groups excluding carboxylic acids is 2. The normalized spacial score (nSPS) is 28.1. The van der Waals surface area contributed by atoms with Gasteiger partial charge in [0.05, 0.1) is 23.1 Å². The predicted molar refractivity (Wildman–Crippen MR) is 76.0 cm³/mol. The number of benzene rings is 1. The quantitative estimate of drug-likeness (QED) is 0.846. The molecule has 1 aromatic rings. The third-order valence-electron chi connectivity index (χ3n) is 4.65. The average Bonchev–Trinajstić information content (AvgIpc) is 2.90. The minimum Gasteiger partial charge on any atom is -0.478 e. The van der Waals surface area contributed by atoms with E-state index in [0.29, 0.717) is 17.2 Å². The second-order valence-electron chi connectivity index (χ2n) is 6.06. The molecule has 2 unspecified atom stereocenters. The van der Waals surface area contributed by atoms with Crippen molar-refractivity contribution in [1.29, 1.82) is 0 Å². The van der Waals surface area contributed by atoms with Crippen molar-refractivity contribution in [2.24, 2.45) is 17.8 Å². The number of fused-ring (bicyclic) bond motifs is 1. The monoisotopic (exact) mass is 287 g/mol. The van der Waals surface area contributed by atoms with Crippen LogP contribution in [0, 0.1) is 24.7 Å². The summed E-state index contributed by atoms with van der Waals surface area (Å²) in [4.78, 5) is 37.5. The van der Waals surface area contributed by atoms with Gasteiger partial charge < -0.3 is 5.11 Å². The van der Waals surface area contributed by atoms with Crippen molar-refractivity contribution in [2.45, 2.75) is 26.7 Å². The standard InChI is InChI=1S/C16H17NO4/c1-8-6-11-12(7-8)15(19)17(14(11)18)13-5-3-4-10(9(13)2)16(20)21/h3-5,8,11-12H,6-7H2,1-2H3,(H,20,21). The average molecular weight is 287 g/mol. The lowest BCUT2D eigenvalue weighted by molar-refractivity contribution is -0.123. The summed E-state index contributed by atoms with van der Waals surface area (Å²) in [5, 5.41) is 9.17. The maximum atomic E-state index is 12.5. The van der Waals surface area contributed by atoms with E-state index in [4.69, 9.17) is 0 Å². The largest absolute Gasteiger partial charge is 0.478 e. The molecule has 1 aliphatic heterocycles. The molecule has 5 nitrogen and oxygen atoms in total. The molecule has 1 aliphatic carbocycles. The van der Waals surface area contributed by atoms with Crippen LogP contribution in [0.3, 0.4) is 0 Å². The van der Waals surface area contributed by atoms with Gasteiger partial charge in [-0.25, -0.2) is 9.69 Å². The summed E-state index contributed by atoms with van der Waals surface area (Å²) in [7, 11) is 0. The zero-order valence-corrected chi connectivity index (χ0v) is 12.0. The van der Waals surface area contributed by atoms with E-state index >= 15 is 0 Å². The Kier molecular flexibility index (Phi) is 3.08. The molecule has 1 saturated carbocycles. The van der Waals surface area contributed by atoms with Crippen LogP contribution in [0.4, 0.5) is 5.69 Å². The number of hydrogen-bond acceptors (Lipinski definition) is 3. The first-order valence-electron chi connectivity index (χ1n) is 7.12. The fourth-order valence-corrected chi connectivity index (χ4v) is 3.61. The van der Waals surface area contributed by atoms with Crippen molar-refractivity contribution in [3.63, 3.8) is 0 Å². The van der Waals surface area contributed by atoms with Gasteiger partial charge in [-0.15, -0.1) is 0 Å². The fraction of sp³-hybridized carbons (Fsp3) is 0.438. The number of hydrogen-bond donors (Lipinski definition) is 1. The fourth-order valence-electron chi connectivity index (χ4n) is 3.61. The molecular formula is C16H17NO4. The number of carboxylic acids is 1. The molecule has 0 aromatic heterocycles. The number of rotatable bonds is 2. The van der Waals surface area contributed by atoms with Crippen molar-refractivity contribution in [1.82, 2.24) is 0 Å². The smallest absolute Gasteiger partial charge is 0.336 e. The first-order chi connectivity index (χ1) is 9.91. The number of amides is 2. The van der Waals surface area contributed by atoms with Gasteiger partial charge >= 0.3 is 5.97 Å². The predicted octanol–water partition coefficient (Wildman–Crippen LogP) is 2.23. The molecular weight excluding hydrogens is 270 g/mol. The summed E-state index contributed by atoms with van der Waals surface area (Å²) in [5.41, 5.74) is 0.991. The zero-order valence-electron chi connectivity index (χ0n) is 12.0. The molecule has 1 N–H and O–H groups in total. The van der Waals surface area contributed by atoms with Crippen LogP contribution in [0.2, 0.25) is 0 Å². The van der Waals surface area contributed by atoms with Crippen molar-refractivity contribution in [3.8, 4) is 0 Å². The molecule has 2 fully saturated rings.